The predicted octanol–water partition coefficient (Wildman–Crippen LogP) is -6.09. The monoisotopic (exact) mass is 1810 g/mol. The van der Waals surface area contributed by atoms with Crippen LogP contribution in [0.1, 0.15) is 13.3 Å². The molecule has 0 saturated carbocycles. The fourth-order valence-corrected chi connectivity index (χ4v) is 15.0. The van der Waals surface area contributed by atoms with E-state index in [1.54, 1.807) is 0 Å². The molecule has 5 fully saturated rings. The van der Waals surface area contributed by atoms with Gasteiger partial charge in [0.2, 0.25) is 0 Å². The maximum absolute atomic E-state index is 14.4. The summed E-state index contributed by atoms with van der Waals surface area (Å²) in [6.45, 7) is -0.360. The van der Waals surface area contributed by atoms with Crippen LogP contribution in [-0.2, 0) is 245 Å². The molecule has 52 nitrogen and oxygen atoms in total. The molecule has 0 amide bonds. The average Bonchev–Trinajstić information content (AvgIpc) is 0.753. The Morgan fingerprint density at radius 1 is 0.263 bits per heavy atom. The van der Waals surface area contributed by atoms with Crippen molar-refractivity contribution in [3.8, 4) is 0 Å². The van der Waals surface area contributed by atoms with Crippen molar-refractivity contribution in [3.63, 3.8) is 0 Å². The van der Waals surface area contributed by atoms with Crippen LogP contribution in [0.2, 0.25) is 0 Å². The maximum atomic E-state index is 14.4. The highest BCUT2D eigenvalue weighted by Gasteiger charge is 2.63. The van der Waals surface area contributed by atoms with Gasteiger partial charge in [0.1, 0.15) is 97.7 Å². The summed E-state index contributed by atoms with van der Waals surface area (Å²) in [5.41, 5.74) is 0. The molecular weight excluding hydrogens is 1720 g/mol. The number of carbonyl (C=O) groups is 2. The van der Waals surface area contributed by atoms with Gasteiger partial charge in [0, 0.05) is 56.4 Å². The van der Waals surface area contributed by atoms with Gasteiger partial charge >= 0.3 is 84.7 Å². The number of esters is 2. The van der Waals surface area contributed by atoms with E-state index in [-0.39, 0.29) is 26.4 Å². The van der Waals surface area contributed by atoms with Gasteiger partial charge in [-0.15, -0.1) is 0 Å². The van der Waals surface area contributed by atoms with Crippen LogP contribution >= 0.6 is 0 Å². The minimum absolute atomic E-state index is 0.0543. The Labute approximate surface area is 659 Å². The van der Waals surface area contributed by atoms with Gasteiger partial charge in [-0.2, -0.15) is 58.9 Å². The summed E-state index contributed by atoms with van der Waals surface area (Å²) in [5, 5.41) is 0. The van der Waals surface area contributed by atoms with E-state index in [1.807, 2.05) is 6.92 Å². The number of hydrogen-bond donors (Lipinski definition) is 0. The van der Waals surface area contributed by atoms with Crippen LogP contribution in [0.4, 0.5) is 0 Å². The van der Waals surface area contributed by atoms with E-state index in [9.17, 15) is 68.5 Å². The normalized spacial score (nSPS) is 33.1. The SMILES string of the molecule is CCCOCCOCCOCCO[C@H]1[C@H](OC)[C@@H](OC)[C@@H](O[C@H]2[C@H](OC)[C@@H](OC)[C@H](O[C@H]3[C@H](OS(=O)(=O)OC)[C@@H](OS(=O)(=O)OC)[C@@H](O[C@H]4[C@H](OC)[C@@H](OC)[C@H](O[C@H]5[C@H](OS(=O)(=O)OC)[C@@H](OS(=O)(=O)OC)[C@@H](OC)O[C@@H]5COS(=O)(=O)OC)O[C@H]4C(=O)OC)O[C@@H]3COS(=O)(=O)OC)O[C@@H]2C(=O)OC)O[C@@H]1COS(=O)(=O)OC. The van der Waals surface area contributed by atoms with Crippen molar-refractivity contribution in [3.05, 3.63) is 0 Å². The van der Waals surface area contributed by atoms with Crippen LogP contribution in [-0.4, -0.2) is 404 Å². The molecule has 0 radical (unpaired) electrons. The van der Waals surface area contributed by atoms with Gasteiger partial charge in [-0.05, 0) is 6.42 Å². The molecule has 0 unspecified atom stereocenters. The molecule has 0 bridgehead atoms. The molecule has 114 heavy (non-hydrogen) atoms. The Bertz CT molecular complexity index is 3730. The highest BCUT2D eigenvalue weighted by atomic mass is 32.3. The zero-order chi connectivity index (χ0) is 85.3. The summed E-state index contributed by atoms with van der Waals surface area (Å²) in [4.78, 5) is 28.7. The van der Waals surface area contributed by atoms with Crippen molar-refractivity contribution >= 4 is 84.7 Å². The maximum Gasteiger partial charge on any atom is 0.400 e. The fraction of sp³-hybridized carbons (Fsp3) is 0.964. The first kappa shape index (κ1) is 102. The van der Waals surface area contributed by atoms with E-state index in [0.29, 0.717) is 62.5 Å². The smallest absolute Gasteiger partial charge is 0.400 e. The Hall–Kier alpha value is -2.77. The number of methoxy groups -OCH3 is 9. The fourth-order valence-electron chi connectivity index (χ4n) is 11.5. The summed E-state index contributed by atoms with van der Waals surface area (Å²) in [6.07, 6.45) is -52.7. The second kappa shape index (κ2) is 47.0. The van der Waals surface area contributed by atoms with E-state index in [1.165, 1.54) is 14.2 Å². The van der Waals surface area contributed by atoms with E-state index in [2.05, 4.69) is 29.3 Å². The van der Waals surface area contributed by atoms with Gasteiger partial charge < -0.3 is 104 Å². The zero-order valence-electron chi connectivity index (χ0n) is 64.3. The third-order valence-electron chi connectivity index (χ3n) is 16.8. The first-order valence-electron chi connectivity index (χ1n) is 33.1. The molecule has 5 heterocycles. The van der Waals surface area contributed by atoms with E-state index in [0.717, 1.165) is 63.3 Å². The lowest BCUT2D eigenvalue weighted by molar-refractivity contribution is -0.388. The summed E-state index contributed by atoms with van der Waals surface area (Å²) in [6, 6.07) is 0. The quantitative estimate of drug-likeness (QED) is 0.0404. The van der Waals surface area contributed by atoms with Crippen LogP contribution in [0.25, 0.3) is 0 Å². The lowest BCUT2D eigenvalue weighted by atomic mass is 9.94. The molecule has 0 aromatic carbocycles. The van der Waals surface area contributed by atoms with Crippen molar-refractivity contribution in [1.29, 1.82) is 0 Å². The third kappa shape index (κ3) is 28.7. The largest absolute Gasteiger partial charge is 0.467 e. The van der Waals surface area contributed by atoms with E-state index < -0.39 is 258 Å². The Morgan fingerprint density at radius 2 is 0.526 bits per heavy atom. The van der Waals surface area contributed by atoms with Crippen molar-refractivity contribution in [2.45, 2.75) is 167 Å². The summed E-state index contributed by atoms with van der Waals surface area (Å²) in [5.74, 6) is -2.88. The molecule has 5 aliphatic heterocycles. The second-order valence-corrected chi connectivity index (χ2v) is 32.7. The van der Waals surface area contributed by atoms with E-state index >= 15 is 0 Å². The number of rotatable bonds is 53. The first-order valence-corrected chi connectivity index (χ1v) is 42.5. The third-order valence-corrected chi connectivity index (χ3v) is 22.7. The van der Waals surface area contributed by atoms with Gasteiger partial charge in [0.15, 0.2) is 55.9 Å². The number of hydrogen-bond acceptors (Lipinski definition) is 52. The van der Waals surface area contributed by atoms with Crippen LogP contribution in [0.5, 0.6) is 0 Å². The topological polar surface area (TPSA) is 605 Å². The van der Waals surface area contributed by atoms with Gasteiger partial charge in [0.05, 0.1) is 123 Å². The van der Waals surface area contributed by atoms with Crippen molar-refractivity contribution in [2.75, 3.05) is 180 Å². The van der Waals surface area contributed by atoms with E-state index in [4.69, 9.17) is 133 Å². The van der Waals surface area contributed by atoms with Crippen LogP contribution < -0.4 is 0 Å². The number of carbonyl (C=O) groups excluding carboxylic acids is 2. The number of ether oxygens (including phenoxy) is 22. The van der Waals surface area contributed by atoms with Crippen LogP contribution in [0.3, 0.4) is 0 Å². The second-order valence-electron chi connectivity index (χ2n) is 23.2. The molecular formula is C55H98O52S7. The van der Waals surface area contributed by atoms with Gasteiger partial charge in [-0.25, -0.2) is 38.9 Å². The standard InChI is InChI=1S/C55H98O52S7/c1-18-19-88-20-21-89-22-23-90-24-25-91-32-29(26-92-108(58,59)81-11)96-52(44(75-5)35(32)72-2)100-38-36(73-3)45(76-6)54(102-42(38)49(56)78-8)99-34-31(28-94-110(62,63)83-13)97-55(48(107-114(70,71)87-17)41(34)105-112(66,67)85-15)101-39-37(74-4)46(77-7)53(103-43(39)50(57)79-9)98-33-30(27-93-109(60,61)82-12)95-51(80-10)47(106-113(68,69)86-16)40(33)104-111(64,65)84-14/h29-48,51-55H,18-28H2,1-17H3/t29-,30-,31-,32-,33-,34-,35+,36+,37+,38+,39+,40+,41+,42+,43-,44-,45-,46-,47-,48-,51+,52-,53-,54-,55-/m1/s1. The van der Waals surface area contributed by atoms with Gasteiger partial charge in [-0.3, -0.25) is 29.3 Å². The molecule has 5 aliphatic rings. The molecule has 0 spiro atoms. The molecule has 672 valence electrons. The molecule has 25 atom stereocenters. The van der Waals surface area contributed by atoms with Crippen LogP contribution in [0.15, 0.2) is 0 Å². The van der Waals surface area contributed by atoms with Gasteiger partial charge in [0.25, 0.3) is 0 Å². The minimum Gasteiger partial charge on any atom is -0.467 e. The molecule has 5 rings (SSSR count). The minimum atomic E-state index is -5.61. The Morgan fingerprint density at radius 3 is 0.833 bits per heavy atom. The summed E-state index contributed by atoms with van der Waals surface area (Å²) < 4.78 is 382. The highest BCUT2D eigenvalue weighted by molar-refractivity contribution is 7.83. The van der Waals surface area contributed by atoms with Crippen molar-refractivity contribution in [1.82, 2.24) is 0 Å². The average molecular weight is 1820 g/mol. The first-order chi connectivity index (χ1) is 53.7. The molecule has 0 aromatic rings. The molecule has 0 aliphatic carbocycles. The van der Waals surface area contributed by atoms with Crippen molar-refractivity contribution < 1.29 is 231 Å². The zero-order valence-corrected chi connectivity index (χ0v) is 70.0. The Kier molecular flexibility index (Phi) is 42.0. The predicted molar refractivity (Wildman–Crippen MR) is 360 cm³/mol. The molecule has 59 heteroatoms. The lowest BCUT2D eigenvalue weighted by Crippen LogP contribution is -2.70. The lowest BCUT2D eigenvalue weighted by Gasteiger charge is -2.51. The molecule has 5 saturated heterocycles. The highest BCUT2D eigenvalue weighted by Crippen LogP contribution is 2.42. The molecule has 0 aromatic heterocycles. The van der Waals surface area contributed by atoms with Crippen LogP contribution in [0, 0.1) is 0 Å². The molecule has 0 N–H and O–H groups in total. The van der Waals surface area contributed by atoms with Crippen molar-refractivity contribution in [2.24, 2.45) is 0 Å². The summed E-state index contributed by atoms with van der Waals surface area (Å²) in [7, 11) is -23.6. The summed E-state index contributed by atoms with van der Waals surface area (Å²) >= 11 is 0. The van der Waals surface area contributed by atoms with Gasteiger partial charge in [-0.1, -0.05) is 6.92 Å². The Balaban J connectivity index is 1.66.